The quantitative estimate of drug-likeness (QED) is 0.784. The van der Waals surface area contributed by atoms with Crippen molar-refractivity contribution in [3.05, 3.63) is 53.3 Å². The highest BCUT2D eigenvalue weighted by molar-refractivity contribution is 5.94. The van der Waals surface area contributed by atoms with Gasteiger partial charge in [-0.2, -0.15) is 5.26 Å². The van der Waals surface area contributed by atoms with E-state index in [1.807, 2.05) is 0 Å². The van der Waals surface area contributed by atoms with Crippen LogP contribution in [0.25, 0.3) is 11.6 Å². The number of hydrogen-bond acceptors (Lipinski definition) is 3. The van der Waals surface area contributed by atoms with Crippen LogP contribution >= 0.6 is 0 Å². The maximum Gasteiger partial charge on any atom is 0.177 e. The van der Waals surface area contributed by atoms with Crippen LogP contribution in [0.4, 0.5) is 4.39 Å². The topological polar surface area (TPSA) is 42.2 Å². The fourth-order valence-electron chi connectivity index (χ4n) is 2.15. The molecule has 2 aromatic rings. The minimum atomic E-state index is -0.376. The van der Waals surface area contributed by atoms with Gasteiger partial charge in [-0.15, -0.1) is 0 Å². The monoisotopic (exact) mass is 267 g/mol. The van der Waals surface area contributed by atoms with Gasteiger partial charge in [0.15, 0.2) is 11.5 Å². The van der Waals surface area contributed by atoms with E-state index in [1.54, 1.807) is 24.3 Å². The Kier molecular flexibility index (Phi) is 2.88. The van der Waals surface area contributed by atoms with Gasteiger partial charge in [-0.25, -0.2) is 4.39 Å². The Morgan fingerprint density at radius 1 is 1.25 bits per heavy atom. The molecule has 0 atom stereocenters. The number of nitriles is 1. The van der Waals surface area contributed by atoms with Crippen molar-refractivity contribution in [2.75, 3.05) is 7.11 Å². The summed E-state index contributed by atoms with van der Waals surface area (Å²) in [6, 6.07) is 11.6. The minimum absolute atomic E-state index is 0.376. The van der Waals surface area contributed by atoms with Crippen LogP contribution in [0.15, 0.2) is 36.4 Å². The lowest BCUT2D eigenvalue weighted by Gasteiger charge is -2.12. The minimum Gasteiger partial charge on any atom is -0.493 e. The van der Waals surface area contributed by atoms with Crippen molar-refractivity contribution in [3.63, 3.8) is 0 Å². The average molecular weight is 267 g/mol. The van der Waals surface area contributed by atoms with Crippen LogP contribution in [0.3, 0.4) is 0 Å². The van der Waals surface area contributed by atoms with E-state index < -0.39 is 0 Å². The molecule has 0 amide bonds. The molecular formula is C16H10FNO2. The molecular weight excluding hydrogens is 257 g/mol. The molecule has 1 aliphatic heterocycles. The Morgan fingerprint density at radius 2 is 2.10 bits per heavy atom. The summed E-state index contributed by atoms with van der Waals surface area (Å²) in [4.78, 5) is 0. The number of para-hydroxylation sites is 1. The molecule has 20 heavy (non-hydrogen) atoms. The predicted octanol–water partition coefficient (Wildman–Crippen LogP) is 4.00. The highest BCUT2D eigenvalue weighted by atomic mass is 19.1. The molecule has 1 heterocycles. The first kappa shape index (κ1) is 12.2. The Balaban J connectivity index is 2.29. The number of allylic oxidation sites excluding steroid dienone is 1. The second-order valence-corrected chi connectivity index (χ2v) is 4.29. The lowest BCUT2D eigenvalue weighted by Crippen LogP contribution is -1.93. The summed E-state index contributed by atoms with van der Waals surface area (Å²) in [6.07, 6.45) is 1.61. The zero-order valence-corrected chi connectivity index (χ0v) is 10.7. The van der Waals surface area contributed by atoms with E-state index in [2.05, 4.69) is 6.07 Å². The molecule has 4 heteroatoms. The average Bonchev–Trinajstić information content (AvgIpc) is 2.62. The highest BCUT2D eigenvalue weighted by Crippen LogP contribution is 2.43. The van der Waals surface area contributed by atoms with Crippen molar-refractivity contribution in [2.24, 2.45) is 0 Å². The maximum absolute atomic E-state index is 13.3. The van der Waals surface area contributed by atoms with Crippen molar-refractivity contribution < 1.29 is 13.9 Å². The molecule has 98 valence electrons. The van der Waals surface area contributed by atoms with Crippen LogP contribution in [0.5, 0.6) is 17.2 Å². The van der Waals surface area contributed by atoms with E-state index in [0.717, 1.165) is 0 Å². The Hall–Kier alpha value is -2.80. The van der Waals surface area contributed by atoms with E-state index in [4.69, 9.17) is 9.47 Å². The smallest absolute Gasteiger partial charge is 0.177 e. The van der Waals surface area contributed by atoms with E-state index in [-0.39, 0.29) is 5.82 Å². The van der Waals surface area contributed by atoms with Crippen LogP contribution in [0.2, 0.25) is 0 Å². The molecule has 0 aromatic heterocycles. The Morgan fingerprint density at radius 3 is 2.85 bits per heavy atom. The van der Waals surface area contributed by atoms with Crippen molar-refractivity contribution in [3.8, 4) is 23.3 Å². The van der Waals surface area contributed by atoms with E-state index in [0.29, 0.717) is 33.9 Å². The fraction of sp³-hybridized carbons (Fsp3) is 0.0625. The molecule has 0 radical (unpaired) electrons. The molecule has 0 N–H and O–H groups in total. The first-order valence-electron chi connectivity index (χ1n) is 5.99. The lowest BCUT2D eigenvalue weighted by atomic mass is 10.0. The third kappa shape index (κ3) is 1.90. The van der Waals surface area contributed by atoms with E-state index in [1.165, 1.54) is 25.3 Å². The van der Waals surface area contributed by atoms with Gasteiger partial charge in [0.1, 0.15) is 11.6 Å². The number of ether oxygens (including phenoxy) is 2. The predicted molar refractivity (Wildman–Crippen MR) is 73.0 cm³/mol. The van der Waals surface area contributed by atoms with Crippen molar-refractivity contribution in [1.82, 2.24) is 0 Å². The van der Waals surface area contributed by atoms with Gasteiger partial charge in [-0.05, 0) is 36.4 Å². The third-order valence-corrected chi connectivity index (χ3v) is 3.09. The summed E-state index contributed by atoms with van der Waals surface area (Å²) in [6.45, 7) is 0. The molecule has 0 saturated carbocycles. The van der Waals surface area contributed by atoms with Crippen LogP contribution in [0, 0.1) is 17.1 Å². The number of fused-ring (bicyclic) bond motifs is 2. The number of benzene rings is 2. The molecule has 0 aliphatic carbocycles. The molecule has 0 fully saturated rings. The first-order chi connectivity index (χ1) is 9.72. The number of halogens is 1. The highest BCUT2D eigenvalue weighted by Gasteiger charge is 2.20. The Labute approximate surface area is 115 Å². The van der Waals surface area contributed by atoms with Gasteiger partial charge in [0.25, 0.3) is 0 Å². The number of methoxy groups -OCH3 is 1. The van der Waals surface area contributed by atoms with Crippen LogP contribution in [-0.2, 0) is 0 Å². The molecule has 0 spiro atoms. The molecule has 2 aromatic carbocycles. The summed E-state index contributed by atoms with van der Waals surface area (Å²) >= 11 is 0. The van der Waals surface area contributed by atoms with Gasteiger partial charge in [0.2, 0.25) is 0 Å². The standard InChI is InChI=1S/C16H10FNO2/c1-19-15-4-2-3-13-11(9-18)7-10-8-12(17)5-6-14(10)20-16(13)15/h2-8H,1H3. The third-order valence-electron chi connectivity index (χ3n) is 3.09. The van der Waals surface area contributed by atoms with Gasteiger partial charge in [0.05, 0.1) is 18.8 Å². The largest absolute Gasteiger partial charge is 0.493 e. The molecule has 3 nitrogen and oxygen atoms in total. The van der Waals surface area contributed by atoms with Crippen LogP contribution in [0.1, 0.15) is 11.1 Å². The summed E-state index contributed by atoms with van der Waals surface area (Å²) in [5, 5.41) is 9.31. The molecule has 3 rings (SSSR count). The second kappa shape index (κ2) is 4.71. The summed E-state index contributed by atoms with van der Waals surface area (Å²) in [7, 11) is 1.53. The summed E-state index contributed by atoms with van der Waals surface area (Å²) < 4.78 is 24.4. The van der Waals surface area contributed by atoms with E-state index in [9.17, 15) is 9.65 Å². The van der Waals surface area contributed by atoms with Crippen LogP contribution < -0.4 is 9.47 Å². The van der Waals surface area contributed by atoms with E-state index >= 15 is 0 Å². The Bertz CT molecular complexity index is 760. The number of rotatable bonds is 1. The van der Waals surface area contributed by atoms with Crippen LogP contribution in [-0.4, -0.2) is 7.11 Å². The van der Waals surface area contributed by atoms with Gasteiger partial charge < -0.3 is 9.47 Å². The van der Waals surface area contributed by atoms with Crippen molar-refractivity contribution >= 4 is 11.6 Å². The molecule has 0 bridgehead atoms. The molecule has 1 aliphatic rings. The SMILES string of the molecule is COc1cccc2c1Oc1ccc(F)cc1C=C2C#N. The first-order valence-corrected chi connectivity index (χ1v) is 5.99. The van der Waals surface area contributed by atoms with Gasteiger partial charge in [-0.3, -0.25) is 0 Å². The van der Waals surface area contributed by atoms with Gasteiger partial charge >= 0.3 is 0 Å². The summed E-state index contributed by atoms with van der Waals surface area (Å²) in [5.74, 6) is 1.11. The maximum atomic E-state index is 13.3. The number of hydrogen-bond donors (Lipinski definition) is 0. The van der Waals surface area contributed by atoms with Gasteiger partial charge in [-0.1, -0.05) is 6.07 Å². The zero-order valence-electron chi connectivity index (χ0n) is 10.7. The summed E-state index contributed by atoms with van der Waals surface area (Å²) in [5.41, 5.74) is 1.56. The van der Waals surface area contributed by atoms with Gasteiger partial charge in [0, 0.05) is 11.1 Å². The van der Waals surface area contributed by atoms with Crippen molar-refractivity contribution in [2.45, 2.75) is 0 Å². The second-order valence-electron chi connectivity index (χ2n) is 4.29. The fourth-order valence-corrected chi connectivity index (χ4v) is 2.15. The molecule has 0 unspecified atom stereocenters. The molecule has 0 saturated heterocycles. The normalized spacial score (nSPS) is 12.2. The number of nitrogens with zero attached hydrogens (tertiary/aromatic N) is 1. The lowest BCUT2D eigenvalue weighted by molar-refractivity contribution is 0.378. The zero-order chi connectivity index (χ0) is 14.1. The van der Waals surface area contributed by atoms with Crippen molar-refractivity contribution in [1.29, 1.82) is 5.26 Å².